The van der Waals surface area contributed by atoms with Gasteiger partial charge in [-0.25, -0.2) is 0 Å². The van der Waals surface area contributed by atoms with Gasteiger partial charge in [0.15, 0.2) is 0 Å². The lowest BCUT2D eigenvalue weighted by molar-refractivity contribution is -0.127. The molecule has 2 aliphatic heterocycles. The molecule has 3 N–H and O–H groups in total. The molecule has 2 aliphatic rings. The molecule has 0 aliphatic carbocycles. The number of nitrogens with one attached hydrogen (secondary N) is 1. The van der Waals surface area contributed by atoms with Gasteiger partial charge in [0, 0.05) is 64.0 Å². The van der Waals surface area contributed by atoms with Crippen molar-refractivity contribution in [3.63, 3.8) is 0 Å². The van der Waals surface area contributed by atoms with Crippen molar-refractivity contribution >= 4 is 28.9 Å². The van der Waals surface area contributed by atoms with Gasteiger partial charge in [0.05, 0.1) is 24.0 Å². The van der Waals surface area contributed by atoms with Crippen LogP contribution in [0.15, 0.2) is 36.4 Å². The van der Waals surface area contributed by atoms with Crippen LogP contribution < -0.4 is 25.6 Å². The molecule has 0 unspecified atom stereocenters. The smallest absolute Gasteiger partial charge is 0.255 e. The molecule has 2 amide bonds. The fraction of sp³-hybridized carbons (Fsp3) is 0.462. The van der Waals surface area contributed by atoms with E-state index in [0.717, 1.165) is 51.3 Å². The number of hydrogen-bond acceptors (Lipinski definition) is 6. The van der Waals surface area contributed by atoms with Crippen LogP contribution >= 0.6 is 0 Å². The maximum atomic E-state index is 12.8. The molecular weight excluding hydrogens is 430 g/mol. The van der Waals surface area contributed by atoms with Crippen LogP contribution in [0.3, 0.4) is 0 Å². The first kappa shape index (κ1) is 23.7. The molecule has 2 aromatic carbocycles. The van der Waals surface area contributed by atoms with Crippen molar-refractivity contribution in [2.24, 2.45) is 0 Å². The molecular formula is C26H35N5O3. The Kier molecular flexibility index (Phi) is 7.45. The third-order valence-electron chi connectivity index (χ3n) is 6.73. The lowest BCUT2D eigenvalue weighted by atomic mass is 10.1. The zero-order chi connectivity index (χ0) is 24.1. The number of nitrogens with two attached hydrogens (primary N) is 1. The second-order valence-electron chi connectivity index (χ2n) is 8.97. The Morgan fingerprint density at radius 2 is 1.76 bits per heavy atom. The standard InChI is InChI=1S/C26H35N5O3/c1-19-7-3-4-8-22(19)29-13-15-30(16-14-29)23-18-24(34-2)20(17-21(23)27)26(33)28-10-6-12-31-11-5-9-25(31)32/h3-4,7-8,17-18H,5-6,9-16,27H2,1-2H3,(H,28,33). The number of carbonyl (C=O) groups excluding carboxylic acids is 2. The van der Waals surface area contributed by atoms with Gasteiger partial charge in [0.25, 0.3) is 5.91 Å². The monoisotopic (exact) mass is 465 g/mol. The molecule has 2 fully saturated rings. The van der Waals surface area contributed by atoms with Gasteiger partial charge in [-0.15, -0.1) is 0 Å². The fourth-order valence-electron chi connectivity index (χ4n) is 4.82. The normalized spacial score (nSPS) is 16.2. The molecule has 0 radical (unpaired) electrons. The predicted molar refractivity (Wildman–Crippen MR) is 136 cm³/mol. The summed E-state index contributed by atoms with van der Waals surface area (Å²) >= 11 is 0. The van der Waals surface area contributed by atoms with Crippen LogP contribution in [0.4, 0.5) is 17.1 Å². The van der Waals surface area contributed by atoms with Gasteiger partial charge in [0.2, 0.25) is 5.91 Å². The zero-order valence-electron chi connectivity index (χ0n) is 20.2. The van der Waals surface area contributed by atoms with Crippen LogP contribution in [0.2, 0.25) is 0 Å². The Balaban J connectivity index is 1.36. The van der Waals surface area contributed by atoms with Gasteiger partial charge in [-0.05, 0) is 37.5 Å². The highest BCUT2D eigenvalue weighted by molar-refractivity contribution is 5.99. The number of anilines is 3. The number of benzene rings is 2. The molecule has 4 rings (SSSR count). The van der Waals surface area contributed by atoms with Gasteiger partial charge in [-0.2, -0.15) is 0 Å². The molecule has 2 heterocycles. The van der Waals surface area contributed by atoms with E-state index < -0.39 is 0 Å². The summed E-state index contributed by atoms with van der Waals surface area (Å²) in [5.74, 6) is 0.501. The van der Waals surface area contributed by atoms with E-state index in [4.69, 9.17) is 10.5 Å². The van der Waals surface area contributed by atoms with E-state index in [2.05, 4.69) is 46.3 Å². The van der Waals surface area contributed by atoms with Gasteiger partial charge in [-0.3, -0.25) is 9.59 Å². The molecule has 0 spiro atoms. The lowest BCUT2D eigenvalue weighted by Crippen LogP contribution is -2.47. The Morgan fingerprint density at radius 3 is 2.41 bits per heavy atom. The average Bonchev–Trinajstić information content (AvgIpc) is 3.26. The van der Waals surface area contributed by atoms with Crippen LogP contribution in [-0.2, 0) is 4.79 Å². The molecule has 2 saturated heterocycles. The SMILES string of the molecule is COc1cc(N2CCN(c3ccccc3C)CC2)c(N)cc1C(=O)NCCCN1CCCC1=O. The fourth-order valence-corrected chi connectivity index (χ4v) is 4.82. The number of amides is 2. The van der Waals surface area contributed by atoms with E-state index in [1.807, 2.05) is 11.0 Å². The van der Waals surface area contributed by atoms with Crippen LogP contribution in [-0.4, -0.2) is 69.6 Å². The summed E-state index contributed by atoms with van der Waals surface area (Å²) in [5, 5.41) is 2.94. The summed E-state index contributed by atoms with van der Waals surface area (Å²) in [6.07, 6.45) is 2.28. The minimum absolute atomic E-state index is 0.205. The number of piperazine rings is 1. The molecule has 0 atom stereocenters. The third kappa shape index (κ3) is 5.21. The summed E-state index contributed by atoms with van der Waals surface area (Å²) in [5.41, 5.74) is 10.8. The van der Waals surface area contributed by atoms with Crippen LogP contribution in [0.5, 0.6) is 5.75 Å². The van der Waals surface area contributed by atoms with Crippen molar-refractivity contribution in [2.75, 3.05) is 68.5 Å². The molecule has 34 heavy (non-hydrogen) atoms. The first-order chi connectivity index (χ1) is 16.5. The number of nitrogen functional groups attached to an aromatic ring is 1. The predicted octanol–water partition coefficient (Wildman–Crippen LogP) is 2.65. The van der Waals surface area contributed by atoms with Gasteiger partial charge >= 0.3 is 0 Å². The lowest BCUT2D eigenvalue weighted by Gasteiger charge is -2.38. The van der Waals surface area contributed by atoms with Crippen LogP contribution in [0.25, 0.3) is 0 Å². The molecule has 0 aromatic heterocycles. The second-order valence-corrected chi connectivity index (χ2v) is 8.97. The number of methoxy groups -OCH3 is 1. The van der Waals surface area contributed by atoms with Crippen molar-refractivity contribution < 1.29 is 14.3 Å². The van der Waals surface area contributed by atoms with Crippen molar-refractivity contribution in [3.05, 3.63) is 47.5 Å². The highest BCUT2D eigenvalue weighted by Crippen LogP contribution is 2.33. The molecule has 8 nitrogen and oxygen atoms in total. The van der Waals surface area contributed by atoms with Crippen LogP contribution in [0, 0.1) is 6.92 Å². The first-order valence-corrected chi connectivity index (χ1v) is 12.1. The number of aryl methyl sites for hydroxylation is 1. The topological polar surface area (TPSA) is 91.1 Å². The zero-order valence-corrected chi connectivity index (χ0v) is 20.2. The van der Waals surface area contributed by atoms with E-state index in [-0.39, 0.29) is 11.8 Å². The third-order valence-corrected chi connectivity index (χ3v) is 6.73. The minimum Gasteiger partial charge on any atom is -0.496 e. The molecule has 2 aromatic rings. The number of carbonyl (C=O) groups is 2. The van der Waals surface area contributed by atoms with E-state index in [9.17, 15) is 9.59 Å². The molecule has 0 bridgehead atoms. The van der Waals surface area contributed by atoms with E-state index in [1.54, 1.807) is 13.2 Å². The summed E-state index contributed by atoms with van der Waals surface area (Å²) in [7, 11) is 1.57. The largest absolute Gasteiger partial charge is 0.496 e. The Labute approximate surface area is 201 Å². The van der Waals surface area contributed by atoms with Crippen LogP contribution in [0.1, 0.15) is 35.2 Å². The number of rotatable bonds is 8. The molecule has 8 heteroatoms. The maximum absolute atomic E-state index is 12.8. The Morgan fingerprint density at radius 1 is 1.06 bits per heavy atom. The average molecular weight is 466 g/mol. The van der Waals surface area contributed by atoms with Gasteiger partial charge in [-0.1, -0.05) is 18.2 Å². The van der Waals surface area contributed by atoms with E-state index >= 15 is 0 Å². The van der Waals surface area contributed by atoms with Gasteiger partial charge in [0.1, 0.15) is 5.75 Å². The van der Waals surface area contributed by atoms with E-state index in [0.29, 0.717) is 36.5 Å². The first-order valence-electron chi connectivity index (χ1n) is 12.1. The van der Waals surface area contributed by atoms with Crippen molar-refractivity contribution in [2.45, 2.75) is 26.2 Å². The molecule has 182 valence electrons. The number of para-hydroxylation sites is 1. The highest BCUT2D eigenvalue weighted by Gasteiger charge is 2.23. The van der Waals surface area contributed by atoms with Crippen molar-refractivity contribution in [1.29, 1.82) is 0 Å². The van der Waals surface area contributed by atoms with Crippen molar-refractivity contribution in [1.82, 2.24) is 10.2 Å². The second kappa shape index (κ2) is 10.7. The number of ether oxygens (including phenoxy) is 1. The summed E-state index contributed by atoms with van der Waals surface area (Å²) in [6, 6.07) is 12.0. The highest BCUT2D eigenvalue weighted by atomic mass is 16.5. The minimum atomic E-state index is -0.216. The summed E-state index contributed by atoms with van der Waals surface area (Å²) < 4.78 is 5.55. The van der Waals surface area contributed by atoms with Crippen molar-refractivity contribution in [3.8, 4) is 5.75 Å². The quantitative estimate of drug-likeness (QED) is 0.460. The van der Waals surface area contributed by atoms with Gasteiger partial charge < -0.3 is 30.5 Å². The summed E-state index contributed by atoms with van der Waals surface area (Å²) in [6.45, 7) is 7.59. The molecule has 0 saturated carbocycles. The summed E-state index contributed by atoms with van der Waals surface area (Å²) in [4.78, 5) is 31.0. The van der Waals surface area contributed by atoms with E-state index in [1.165, 1.54) is 11.3 Å². The Hall–Kier alpha value is -3.42. The number of nitrogens with zero attached hydrogens (tertiary/aromatic N) is 3. The number of hydrogen-bond donors (Lipinski definition) is 2. The number of likely N-dealkylation sites (tertiary alicyclic amines) is 1. The maximum Gasteiger partial charge on any atom is 0.255 e. The Bertz CT molecular complexity index is 1030.